The first-order valence-corrected chi connectivity index (χ1v) is 9.12. The number of hydrogen-bond donors (Lipinski definition) is 2. The zero-order chi connectivity index (χ0) is 21.1. The highest BCUT2D eigenvalue weighted by molar-refractivity contribution is 7.80. The van der Waals surface area contributed by atoms with Crippen molar-refractivity contribution >= 4 is 52.3 Å². The van der Waals surface area contributed by atoms with E-state index in [2.05, 4.69) is 10.6 Å². The SMILES string of the molecule is COc1cc(NC(=S)NC(=O)CN2C(=O)c3ccccc3C2=O)c(OC)cc1Cl. The van der Waals surface area contributed by atoms with Crippen LogP contribution in [0.15, 0.2) is 36.4 Å². The maximum absolute atomic E-state index is 12.3. The monoisotopic (exact) mass is 433 g/mol. The summed E-state index contributed by atoms with van der Waals surface area (Å²) in [5, 5.41) is 5.53. The van der Waals surface area contributed by atoms with Crippen molar-refractivity contribution in [3.05, 3.63) is 52.5 Å². The molecule has 10 heteroatoms. The molecule has 0 aromatic heterocycles. The van der Waals surface area contributed by atoms with Crippen LogP contribution in [-0.4, -0.2) is 48.5 Å². The van der Waals surface area contributed by atoms with Crippen molar-refractivity contribution < 1.29 is 23.9 Å². The fourth-order valence-corrected chi connectivity index (χ4v) is 3.26. The number of ether oxygens (including phenoxy) is 2. The van der Waals surface area contributed by atoms with Crippen molar-refractivity contribution in [1.82, 2.24) is 10.2 Å². The molecule has 0 fully saturated rings. The fraction of sp³-hybridized carbons (Fsp3) is 0.158. The van der Waals surface area contributed by atoms with Crippen LogP contribution in [0.1, 0.15) is 20.7 Å². The van der Waals surface area contributed by atoms with Crippen molar-refractivity contribution in [3.63, 3.8) is 0 Å². The van der Waals surface area contributed by atoms with Crippen molar-refractivity contribution in [1.29, 1.82) is 0 Å². The topological polar surface area (TPSA) is 97.0 Å². The van der Waals surface area contributed by atoms with E-state index in [1.807, 2.05) is 0 Å². The van der Waals surface area contributed by atoms with Gasteiger partial charge < -0.3 is 20.1 Å². The number of thiocarbonyl (C=S) groups is 1. The molecule has 0 aliphatic carbocycles. The van der Waals surface area contributed by atoms with Crippen LogP contribution in [0.25, 0.3) is 0 Å². The molecule has 1 heterocycles. The number of amides is 3. The molecule has 0 spiro atoms. The van der Waals surface area contributed by atoms with E-state index in [1.54, 1.807) is 30.3 Å². The Hall–Kier alpha value is -3.17. The lowest BCUT2D eigenvalue weighted by Crippen LogP contribution is -2.43. The highest BCUT2D eigenvalue weighted by Crippen LogP contribution is 2.35. The lowest BCUT2D eigenvalue weighted by Gasteiger charge is -2.16. The molecule has 29 heavy (non-hydrogen) atoms. The number of anilines is 1. The predicted molar refractivity (Wildman–Crippen MR) is 111 cm³/mol. The standard InChI is InChI=1S/C19H16ClN3O5S/c1-27-14-8-13(15(28-2)7-12(14)20)21-19(29)22-16(24)9-23-17(25)10-5-3-4-6-11(10)18(23)26/h3-8H,9H2,1-2H3,(H2,21,22,24,29). The van der Waals surface area contributed by atoms with Gasteiger partial charge in [-0.25, -0.2) is 0 Å². The van der Waals surface area contributed by atoms with Crippen LogP contribution in [0.5, 0.6) is 11.5 Å². The highest BCUT2D eigenvalue weighted by atomic mass is 35.5. The van der Waals surface area contributed by atoms with Gasteiger partial charge in [-0.1, -0.05) is 23.7 Å². The molecule has 0 radical (unpaired) electrons. The van der Waals surface area contributed by atoms with E-state index in [4.69, 9.17) is 33.3 Å². The number of imide groups is 1. The second-order valence-corrected chi connectivity index (χ2v) is 6.75. The van der Waals surface area contributed by atoms with E-state index in [0.717, 1.165) is 4.90 Å². The Balaban J connectivity index is 1.66. The van der Waals surface area contributed by atoms with Crippen molar-refractivity contribution in [2.24, 2.45) is 0 Å². The van der Waals surface area contributed by atoms with Gasteiger partial charge in [-0.15, -0.1) is 0 Å². The molecule has 2 aromatic carbocycles. The third-order valence-electron chi connectivity index (χ3n) is 4.15. The number of rotatable bonds is 5. The van der Waals surface area contributed by atoms with Crippen LogP contribution < -0.4 is 20.1 Å². The third kappa shape index (κ3) is 4.15. The molecule has 1 aliphatic rings. The normalized spacial score (nSPS) is 12.4. The molecule has 150 valence electrons. The molecule has 0 saturated carbocycles. The Labute approximate surface area is 176 Å². The van der Waals surface area contributed by atoms with Crippen LogP contribution in [0.3, 0.4) is 0 Å². The molecule has 3 rings (SSSR count). The number of benzene rings is 2. The summed E-state index contributed by atoms with van der Waals surface area (Å²) in [6.45, 7) is -0.463. The number of carbonyl (C=O) groups is 3. The van der Waals surface area contributed by atoms with Gasteiger partial charge in [-0.3, -0.25) is 19.3 Å². The largest absolute Gasteiger partial charge is 0.495 e. The minimum absolute atomic E-state index is 0.0470. The van der Waals surface area contributed by atoms with Gasteiger partial charge in [0.15, 0.2) is 5.11 Å². The summed E-state index contributed by atoms with van der Waals surface area (Å²) < 4.78 is 10.4. The fourth-order valence-electron chi connectivity index (χ4n) is 2.80. The zero-order valence-electron chi connectivity index (χ0n) is 15.4. The van der Waals surface area contributed by atoms with Crippen LogP contribution in [0.2, 0.25) is 5.02 Å². The molecule has 8 nitrogen and oxygen atoms in total. The number of hydrogen-bond acceptors (Lipinski definition) is 6. The van der Waals surface area contributed by atoms with Gasteiger partial charge in [-0.2, -0.15) is 0 Å². The minimum Gasteiger partial charge on any atom is -0.495 e. The summed E-state index contributed by atoms with van der Waals surface area (Å²) in [7, 11) is 2.91. The molecule has 3 amide bonds. The second-order valence-electron chi connectivity index (χ2n) is 5.93. The van der Waals surface area contributed by atoms with Gasteiger partial charge in [0.05, 0.1) is 36.1 Å². The van der Waals surface area contributed by atoms with Gasteiger partial charge >= 0.3 is 0 Å². The van der Waals surface area contributed by atoms with Crippen molar-refractivity contribution in [3.8, 4) is 11.5 Å². The number of carbonyl (C=O) groups excluding carboxylic acids is 3. The number of nitrogens with one attached hydrogen (secondary N) is 2. The molecule has 0 saturated heterocycles. The highest BCUT2D eigenvalue weighted by Gasteiger charge is 2.36. The second kappa shape index (κ2) is 8.46. The van der Waals surface area contributed by atoms with E-state index in [9.17, 15) is 14.4 Å². The minimum atomic E-state index is -0.628. The van der Waals surface area contributed by atoms with Gasteiger partial charge in [0.2, 0.25) is 5.91 Å². The van der Waals surface area contributed by atoms with Crippen molar-refractivity contribution in [2.75, 3.05) is 26.1 Å². The summed E-state index contributed by atoms with van der Waals surface area (Å²) >= 11 is 11.2. The molecule has 2 aromatic rings. The van der Waals surface area contributed by atoms with Crippen LogP contribution >= 0.6 is 23.8 Å². The average Bonchev–Trinajstić information content (AvgIpc) is 2.94. The van der Waals surface area contributed by atoms with Gasteiger partial charge in [0.1, 0.15) is 18.0 Å². The molecule has 1 aliphatic heterocycles. The Bertz CT molecular complexity index is 992. The summed E-state index contributed by atoms with van der Waals surface area (Å²) in [5.74, 6) is -0.910. The Kier molecular flexibility index (Phi) is 6.00. The smallest absolute Gasteiger partial charge is 0.262 e. The van der Waals surface area contributed by atoms with Gasteiger partial charge in [-0.05, 0) is 24.4 Å². The maximum atomic E-state index is 12.3. The molecule has 0 bridgehead atoms. The Morgan fingerprint density at radius 2 is 1.66 bits per heavy atom. The molecule has 0 unspecified atom stereocenters. The van der Waals surface area contributed by atoms with E-state index in [-0.39, 0.29) is 16.2 Å². The van der Waals surface area contributed by atoms with Crippen LogP contribution in [0.4, 0.5) is 5.69 Å². The first-order chi connectivity index (χ1) is 13.8. The van der Waals surface area contributed by atoms with Crippen molar-refractivity contribution in [2.45, 2.75) is 0 Å². The first kappa shape index (κ1) is 20.6. The summed E-state index contributed by atoms with van der Waals surface area (Å²) in [6, 6.07) is 9.48. The summed E-state index contributed by atoms with van der Waals surface area (Å²) in [5.41, 5.74) is 0.952. The maximum Gasteiger partial charge on any atom is 0.262 e. The molecule has 0 atom stereocenters. The molecular weight excluding hydrogens is 418 g/mol. The van der Waals surface area contributed by atoms with E-state index in [1.165, 1.54) is 20.3 Å². The quantitative estimate of drug-likeness (QED) is 0.552. The Morgan fingerprint density at radius 3 is 2.21 bits per heavy atom. The number of nitrogens with zero attached hydrogens (tertiary/aromatic N) is 1. The lowest BCUT2D eigenvalue weighted by molar-refractivity contribution is -0.120. The number of fused-ring (bicyclic) bond motifs is 1. The van der Waals surface area contributed by atoms with E-state index in [0.29, 0.717) is 22.2 Å². The zero-order valence-corrected chi connectivity index (χ0v) is 17.0. The summed E-state index contributed by atoms with van der Waals surface area (Å²) in [4.78, 5) is 37.9. The van der Waals surface area contributed by atoms with E-state index >= 15 is 0 Å². The van der Waals surface area contributed by atoms with Gasteiger partial charge in [0, 0.05) is 12.1 Å². The first-order valence-electron chi connectivity index (χ1n) is 8.33. The predicted octanol–water partition coefficient (Wildman–Crippen LogP) is 2.47. The number of halogens is 1. The summed E-state index contributed by atoms with van der Waals surface area (Å²) in [6.07, 6.45) is 0. The van der Waals surface area contributed by atoms with Crippen LogP contribution in [0, 0.1) is 0 Å². The Morgan fingerprint density at radius 1 is 1.07 bits per heavy atom. The van der Waals surface area contributed by atoms with E-state index < -0.39 is 24.3 Å². The van der Waals surface area contributed by atoms with Crippen LogP contribution in [-0.2, 0) is 4.79 Å². The third-order valence-corrected chi connectivity index (χ3v) is 4.65. The lowest BCUT2D eigenvalue weighted by atomic mass is 10.1. The molecule has 2 N–H and O–H groups in total. The average molecular weight is 434 g/mol. The number of methoxy groups -OCH3 is 2. The molecular formula is C19H16ClN3O5S. The van der Waals surface area contributed by atoms with Gasteiger partial charge in [0.25, 0.3) is 11.8 Å².